The molecule has 0 aliphatic carbocycles. The second kappa shape index (κ2) is 3.33. The van der Waals surface area contributed by atoms with Crippen molar-refractivity contribution in [1.29, 1.82) is 0 Å². The molecular formula is C12H13NO3. The molecule has 1 fully saturated rings. The molecule has 0 unspecified atom stereocenters. The molecule has 0 aromatic heterocycles. The number of phenols is 1. The second-order valence-electron chi connectivity index (χ2n) is 4.61. The summed E-state index contributed by atoms with van der Waals surface area (Å²) >= 11 is 0. The van der Waals surface area contributed by atoms with Crippen molar-refractivity contribution in [3.63, 3.8) is 0 Å². The molecule has 84 valence electrons. The van der Waals surface area contributed by atoms with Crippen LogP contribution < -0.4 is 4.90 Å². The summed E-state index contributed by atoms with van der Waals surface area (Å²) < 4.78 is 0. The van der Waals surface area contributed by atoms with Crippen LogP contribution >= 0.6 is 0 Å². The Balaban J connectivity index is 2.39. The third-order valence-electron chi connectivity index (χ3n) is 2.73. The van der Waals surface area contributed by atoms with Gasteiger partial charge >= 0.3 is 0 Å². The zero-order valence-electron chi connectivity index (χ0n) is 9.23. The minimum absolute atomic E-state index is 0.113. The Hall–Kier alpha value is -1.84. The molecule has 16 heavy (non-hydrogen) atoms. The molecule has 1 aliphatic rings. The zero-order valence-corrected chi connectivity index (χ0v) is 9.23. The van der Waals surface area contributed by atoms with E-state index in [0.29, 0.717) is 5.69 Å². The van der Waals surface area contributed by atoms with Gasteiger partial charge in [0.15, 0.2) is 0 Å². The fraction of sp³-hybridized carbons (Fsp3) is 0.333. The summed E-state index contributed by atoms with van der Waals surface area (Å²) in [4.78, 5) is 24.9. The van der Waals surface area contributed by atoms with Crippen LogP contribution in [0, 0.1) is 5.41 Å². The zero-order chi connectivity index (χ0) is 11.9. The Morgan fingerprint density at radius 2 is 1.75 bits per heavy atom. The summed E-state index contributed by atoms with van der Waals surface area (Å²) in [7, 11) is 0. The number of hydrogen-bond acceptors (Lipinski definition) is 3. The van der Waals surface area contributed by atoms with Gasteiger partial charge in [0.25, 0.3) is 0 Å². The van der Waals surface area contributed by atoms with Gasteiger partial charge in [-0.2, -0.15) is 0 Å². The van der Waals surface area contributed by atoms with Gasteiger partial charge in [0.1, 0.15) is 5.75 Å². The van der Waals surface area contributed by atoms with Crippen LogP contribution in [-0.4, -0.2) is 16.9 Å². The Morgan fingerprint density at radius 3 is 2.19 bits per heavy atom. The quantitative estimate of drug-likeness (QED) is 0.731. The first kappa shape index (κ1) is 10.7. The fourth-order valence-corrected chi connectivity index (χ4v) is 1.81. The highest BCUT2D eigenvalue weighted by molar-refractivity contribution is 6.22. The van der Waals surface area contributed by atoms with Gasteiger partial charge in [-0.25, -0.2) is 0 Å². The van der Waals surface area contributed by atoms with Gasteiger partial charge in [0, 0.05) is 6.42 Å². The summed E-state index contributed by atoms with van der Waals surface area (Å²) in [5, 5.41) is 9.15. The maximum Gasteiger partial charge on any atom is 0.239 e. The first-order valence-corrected chi connectivity index (χ1v) is 5.08. The van der Waals surface area contributed by atoms with Crippen LogP contribution in [0.2, 0.25) is 0 Å². The molecule has 0 bridgehead atoms. The number of hydrogen-bond donors (Lipinski definition) is 1. The molecule has 0 saturated carbocycles. The van der Waals surface area contributed by atoms with Crippen molar-refractivity contribution in [2.45, 2.75) is 20.3 Å². The van der Waals surface area contributed by atoms with Crippen LogP contribution in [0.3, 0.4) is 0 Å². The number of carbonyl (C=O) groups is 2. The largest absolute Gasteiger partial charge is 0.508 e. The lowest BCUT2D eigenvalue weighted by Crippen LogP contribution is -2.32. The van der Waals surface area contributed by atoms with Gasteiger partial charge in [0.2, 0.25) is 11.8 Å². The van der Waals surface area contributed by atoms with Crippen molar-refractivity contribution in [2.24, 2.45) is 5.41 Å². The van der Waals surface area contributed by atoms with E-state index in [1.165, 1.54) is 17.0 Å². The van der Waals surface area contributed by atoms with E-state index in [0.717, 1.165) is 0 Å². The van der Waals surface area contributed by atoms with Crippen molar-refractivity contribution >= 4 is 17.5 Å². The summed E-state index contributed by atoms with van der Waals surface area (Å²) in [6.07, 6.45) is 0.229. The van der Waals surface area contributed by atoms with Crippen LogP contribution in [0.5, 0.6) is 5.75 Å². The number of imide groups is 1. The summed E-state index contributed by atoms with van der Waals surface area (Å²) in [6, 6.07) is 6.04. The van der Waals surface area contributed by atoms with Crippen molar-refractivity contribution in [1.82, 2.24) is 0 Å². The molecular weight excluding hydrogens is 206 g/mol. The average Bonchev–Trinajstić information content (AvgIpc) is 2.39. The molecule has 1 saturated heterocycles. The van der Waals surface area contributed by atoms with Crippen molar-refractivity contribution < 1.29 is 14.7 Å². The van der Waals surface area contributed by atoms with Crippen molar-refractivity contribution in [3.05, 3.63) is 24.3 Å². The Bertz CT molecular complexity index is 448. The average molecular weight is 219 g/mol. The molecule has 1 aliphatic heterocycles. The van der Waals surface area contributed by atoms with Crippen LogP contribution in [0.15, 0.2) is 24.3 Å². The van der Waals surface area contributed by atoms with E-state index in [2.05, 4.69) is 0 Å². The van der Waals surface area contributed by atoms with E-state index < -0.39 is 5.41 Å². The van der Waals surface area contributed by atoms with Crippen molar-refractivity contribution in [2.75, 3.05) is 4.90 Å². The van der Waals surface area contributed by atoms with Crippen LogP contribution in [0.4, 0.5) is 5.69 Å². The molecule has 0 radical (unpaired) electrons. The second-order valence-corrected chi connectivity index (χ2v) is 4.61. The maximum atomic E-state index is 12.0. The molecule has 2 amide bonds. The molecule has 1 heterocycles. The number of anilines is 1. The first-order chi connectivity index (χ1) is 7.42. The fourth-order valence-electron chi connectivity index (χ4n) is 1.81. The van der Waals surface area contributed by atoms with Crippen molar-refractivity contribution in [3.8, 4) is 5.75 Å². The van der Waals surface area contributed by atoms with Gasteiger partial charge in [-0.05, 0) is 24.3 Å². The van der Waals surface area contributed by atoms with Gasteiger partial charge in [-0.15, -0.1) is 0 Å². The van der Waals surface area contributed by atoms with Gasteiger partial charge < -0.3 is 5.11 Å². The monoisotopic (exact) mass is 219 g/mol. The Labute approximate surface area is 93.5 Å². The lowest BCUT2D eigenvalue weighted by Gasteiger charge is -2.17. The third kappa shape index (κ3) is 1.56. The van der Waals surface area contributed by atoms with E-state index in [4.69, 9.17) is 5.11 Å². The highest BCUT2D eigenvalue weighted by atomic mass is 16.3. The van der Waals surface area contributed by atoms with E-state index in [-0.39, 0.29) is 24.0 Å². The first-order valence-electron chi connectivity index (χ1n) is 5.08. The Kier molecular flexibility index (Phi) is 2.22. The standard InChI is InChI=1S/C12H13NO3/c1-12(2)7-10(15)13(11(12)16)8-3-5-9(14)6-4-8/h3-6,14H,7H2,1-2H3. The molecule has 1 N–H and O–H groups in total. The third-order valence-corrected chi connectivity index (χ3v) is 2.73. The van der Waals surface area contributed by atoms with Gasteiger partial charge in [-0.1, -0.05) is 13.8 Å². The van der Waals surface area contributed by atoms with Crippen LogP contribution in [0.25, 0.3) is 0 Å². The lowest BCUT2D eigenvalue weighted by atomic mass is 9.92. The number of phenolic OH excluding ortho intramolecular Hbond substituents is 1. The minimum atomic E-state index is -0.630. The topological polar surface area (TPSA) is 57.6 Å². The Morgan fingerprint density at radius 1 is 1.19 bits per heavy atom. The van der Waals surface area contributed by atoms with E-state index in [1.54, 1.807) is 26.0 Å². The molecule has 0 spiro atoms. The molecule has 0 atom stereocenters. The maximum absolute atomic E-state index is 12.0. The highest BCUT2D eigenvalue weighted by Crippen LogP contribution is 2.35. The highest BCUT2D eigenvalue weighted by Gasteiger charge is 2.45. The summed E-state index contributed by atoms with van der Waals surface area (Å²) in [5.41, 5.74) is -0.118. The van der Waals surface area contributed by atoms with Crippen LogP contribution in [0.1, 0.15) is 20.3 Å². The molecule has 4 nitrogen and oxygen atoms in total. The molecule has 4 heteroatoms. The number of rotatable bonds is 1. The van der Waals surface area contributed by atoms with E-state index in [9.17, 15) is 9.59 Å². The number of carbonyl (C=O) groups excluding carboxylic acids is 2. The number of amides is 2. The normalized spacial score (nSPS) is 19.2. The number of aromatic hydroxyl groups is 1. The summed E-state index contributed by atoms with van der Waals surface area (Å²) in [5.74, 6) is -0.272. The van der Waals surface area contributed by atoms with E-state index >= 15 is 0 Å². The molecule has 1 aromatic rings. The summed E-state index contributed by atoms with van der Waals surface area (Å²) in [6.45, 7) is 3.52. The molecule has 1 aromatic carbocycles. The van der Waals surface area contributed by atoms with E-state index in [1.807, 2.05) is 0 Å². The van der Waals surface area contributed by atoms with Gasteiger partial charge in [-0.3, -0.25) is 14.5 Å². The smallest absolute Gasteiger partial charge is 0.239 e. The van der Waals surface area contributed by atoms with Gasteiger partial charge in [0.05, 0.1) is 11.1 Å². The number of benzene rings is 1. The minimum Gasteiger partial charge on any atom is -0.508 e. The number of nitrogens with zero attached hydrogens (tertiary/aromatic N) is 1. The SMILES string of the molecule is CC1(C)CC(=O)N(c2ccc(O)cc2)C1=O. The van der Waals surface area contributed by atoms with Crippen LogP contribution in [-0.2, 0) is 9.59 Å². The predicted octanol–water partition coefficient (Wildman–Crippen LogP) is 1.68. The predicted molar refractivity (Wildman–Crippen MR) is 59.0 cm³/mol. The lowest BCUT2D eigenvalue weighted by molar-refractivity contribution is -0.124. The molecule has 2 rings (SSSR count).